The lowest BCUT2D eigenvalue weighted by Gasteiger charge is -2.14. The Morgan fingerprint density at radius 2 is 1.76 bits per heavy atom. The average molecular weight is 296 g/mol. The fourth-order valence-corrected chi connectivity index (χ4v) is 2.09. The van der Waals surface area contributed by atoms with Crippen molar-refractivity contribution in [1.29, 1.82) is 0 Å². The van der Waals surface area contributed by atoms with Crippen molar-refractivity contribution >= 4 is 17.6 Å². The molecule has 21 heavy (non-hydrogen) atoms. The van der Waals surface area contributed by atoms with Crippen molar-refractivity contribution in [3.63, 3.8) is 0 Å². The van der Waals surface area contributed by atoms with Gasteiger partial charge in [0.15, 0.2) is 5.78 Å². The van der Waals surface area contributed by atoms with Crippen LogP contribution in [0.5, 0.6) is 0 Å². The van der Waals surface area contributed by atoms with E-state index >= 15 is 0 Å². The van der Waals surface area contributed by atoms with Crippen molar-refractivity contribution in [2.75, 3.05) is 6.54 Å². The largest absolute Gasteiger partial charge is 0.347 e. The van der Waals surface area contributed by atoms with Crippen molar-refractivity contribution < 1.29 is 14.4 Å². The molecule has 1 rings (SSSR count). The minimum Gasteiger partial charge on any atom is -0.347 e. The summed E-state index contributed by atoms with van der Waals surface area (Å²) < 4.78 is 0. The highest BCUT2D eigenvalue weighted by Gasteiger charge is 2.29. The van der Waals surface area contributed by atoms with E-state index in [1.54, 1.807) is 6.92 Å². The maximum Gasteiger partial charge on any atom is 0.242 e. The van der Waals surface area contributed by atoms with Crippen LogP contribution in [0.15, 0.2) is 0 Å². The first-order chi connectivity index (χ1) is 9.90. The van der Waals surface area contributed by atoms with E-state index in [2.05, 4.69) is 24.5 Å². The number of carbonyl (C=O) groups is 3. The van der Waals surface area contributed by atoms with Crippen molar-refractivity contribution in [2.24, 2.45) is 11.8 Å². The van der Waals surface area contributed by atoms with Gasteiger partial charge in [-0.3, -0.25) is 14.4 Å². The Bertz CT molecular complexity index is 376. The van der Waals surface area contributed by atoms with Crippen LogP contribution in [0.25, 0.3) is 0 Å². The first-order valence-corrected chi connectivity index (χ1v) is 8.00. The van der Waals surface area contributed by atoms with Crippen LogP contribution < -0.4 is 10.6 Å². The Morgan fingerprint density at radius 1 is 1.10 bits per heavy atom. The summed E-state index contributed by atoms with van der Waals surface area (Å²) in [5.74, 6) is 0.503. The van der Waals surface area contributed by atoms with Gasteiger partial charge in [0.25, 0.3) is 0 Å². The van der Waals surface area contributed by atoms with Gasteiger partial charge < -0.3 is 10.6 Å². The van der Waals surface area contributed by atoms with E-state index in [0.29, 0.717) is 12.3 Å². The summed E-state index contributed by atoms with van der Waals surface area (Å²) in [6.45, 7) is 6.05. The molecule has 1 aliphatic carbocycles. The molecule has 0 aromatic carbocycles. The van der Waals surface area contributed by atoms with Crippen LogP contribution in [0.3, 0.4) is 0 Å². The first kappa shape index (κ1) is 17.7. The van der Waals surface area contributed by atoms with E-state index in [0.717, 1.165) is 32.1 Å². The standard InChI is InChI=1S/C16H28N2O3/c1-11(2)6-4-5-7-15(20)18-12(3)16(21)17-10-14(19)13-8-9-13/h11-13H,4-10H2,1-3H3,(H,17,21)(H,18,20). The number of Topliss-reactive ketones (excluding diaryl/α,β-unsaturated/α-hetero) is 1. The normalized spacial score (nSPS) is 15.6. The predicted octanol–water partition coefficient (Wildman–Crippen LogP) is 1.80. The van der Waals surface area contributed by atoms with Crippen LogP contribution in [0.2, 0.25) is 0 Å². The number of carbonyl (C=O) groups excluding carboxylic acids is 3. The van der Waals surface area contributed by atoms with E-state index in [4.69, 9.17) is 0 Å². The summed E-state index contributed by atoms with van der Waals surface area (Å²) >= 11 is 0. The molecule has 1 aliphatic rings. The molecule has 0 bridgehead atoms. The number of unbranched alkanes of at least 4 members (excludes halogenated alkanes) is 1. The molecule has 5 nitrogen and oxygen atoms in total. The number of hydrogen-bond donors (Lipinski definition) is 2. The topological polar surface area (TPSA) is 75.3 Å². The van der Waals surface area contributed by atoms with E-state index < -0.39 is 6.04 Å². The minimum atomic E-state index is -0.588. The van der Waals surface area contributed by atoms with Crippen LogP contribution in [0.4, 0.5) is 0 Å². The molecule has 0 aromatic heterocycles. The van der Waals surface area contributed by atoms with Gasteiger partial charge in [-0.25, -0.2) is 0 Å². The Hall–Kier alpha value is -1.39. The van der Waals surface area contributed by atoms with E-state index in [9.17, 15) is 14.4 Å². The smallest absolute Gasteiger partial charge is 0.242 e. The molecule has 0 aromatic rings. The molecular weight excluding hydrogens is 268 g/mol. The molecule has 5 heteroatoms. The SMILES string of the molecule is CC(C)CCCCC(=O)NC(C)C(=O)NCC(=O)C1CC1. The number of nitrogens with one attached hydrogen (secondary N) is 2. The lowest BCUT2D eigenvalue weighted by molar-refractivity contribution is -0.129. The zero-order chi connectivity index (χ0) is 15.8. The van der Waals surface area contributed by atoms with Gasteiger partial charge in [0, 0.05) is 12.3 Å². The van der Waals surface area contributed by atoms with Crippen LogP contribution in [0, 0.1) is 11.8 Å². The molecule has 0 saturated heterocycles. The van der Waals surface area contributed by atoms with Crippen LogP contribution in [-0.4, -0.2) is 30.2 Å². The molecule has 1 saturated carbocycles. The Kier molecular flexibility index (Phi) is 7.40. The number of hydrogen-bond acceptors (Lipinski definition) is 3. The van der Waals surface area contributed by atoms with Gasteiger partial charge in [0.05, 0.1) is 6.54 Å². The van der Waals surface area contributed by atoms with Crippen molar-refractivity contribution in [1.82, 2.24) is 10.6 Å². The summed E-state index contributed by atoms with van der Waals surface area (Å²) in [5, 5.41) is 5.26. The molecule has 0 heterocycles. The summed E-state index contributed by atoms with van der Waals surface area (Å²) in [6.07, 6.45) is 5.33. The fraction of sp³-hybridized carbons (Fsp3) is 0.812. The predicted molar refractivity (Wildman–Crippen MR) is 81.7 cm³/mol. The monoisotopic (exact) mass is 296 g/mol. The Morgan fingerprint density at radius 3 is 2.33 bits per heavy atom. The van der Waals surface area contributed by atoms with Crippen molar-refractivity contribution in [3.8, 4) is 0 Å². The third kappa shape index (κ3) is 7.83. The zero-order valence-electron chi connectivity index (χ0n) is 13.4. The molecule has 1 atom stereocenters. The number of ketones is 1. The van der Waals surface area contributed by atoms with Gasteiger partial charge in [0.2, 0.25) is 11.8 Å². The van der Waals surface area contributed by atoms with E-state index in [-0.39, 0.29) is 30.1 Å². The Labute approximate surface area is 127 Å². The lowest BCUT2D eigenvalue weighted by atomic mass is 10.1. The first-order valence-electron chi connectivity index (χ1n) is 8.00. The third-order valence-corrected chi connectivity index (χ3v) is 3.68. The van der Waals surface area contributed by atoms with Crippen LogP contribution >= 0.6 is 0 Å². The van der Waals surface area contributed by atoms with Crippen molar-refractivity contribution in [2.45, 2.75) is 65.3 Å². The van der Waals surface area contributed by atoms with E-state index in [1.807, 2.05) is 0 Å². The molecule has 2 amide bonds. The van der Waals surface area contributed by atoms with Gasteiger partial charge >= 0.3 is 0 Å². The molecule has 1 unspecified atom stereocenters. The van der Waals surface area contributed by atoms with Crippen LogP contribution in [-0.2, 0) is 14.4 Å². The summed E-state index contributed by atoms with van der Waals surface area (Å²) in [5.41, 5.74) is 0. The second kappa shape index (κ2) is 8.80. The highest BCUT2D eigenvalue weighted by molar-refractivity contribution is 5.92. The van der Waals surface area contributed by atoms with Crippen molar-refractivity contribution in [3.05, 3.63) is 0 Å². The highest BCUT2D eigenvalue weighted by Crippen LogP contribution is 2.29. The summed E-state index contributed by atoms with van der Waals surface area (Å²) in [7, 11) is 0. The second-order valence-electron chi connectivity index (χ2n) is 6.39. The minimum absolute atomic E-state index is 0.0814. The molecule has 1 fully saturated rings. The van der Waals surface area contributed by atoms with Crippen LogP contribution in [0.1, 0.15) is 59.3 Å². The average Bonchev–Trinajstić information content (AvgIpc) is 3.24. The highest BCUT2D eigenvalue weighted by atomic mass is 16.2. The quantitative estimate of drug-likeness (QED) is 0.604. The molecule has 2 N–H and O–H groups in total. The fourth-order valence-electron chi connectivity index (χ4n) is 2.09. The van der Waals surface area contributed by atoms with Gasteiger partial charge in [-0.1, -0.05) is 26.7 Å². The zero-order valence-corrected chi connectivity index (χ0v) is 13.4. The Balaban J connectivity index is 2.12. The number of amides is 2. The maximum atomic E-state index is 11.8. The summed E-state index contributed by atoms with van der Waals surface area (Å²) in [4.78, 5) is 34.9. The summed E-state index contributed by atoms with van der Waals surface area (Å²) in [6, 6.07) is -0.588. The van der Waals surface area contributed by atoms with Gasteiger partial charge in [-0.15, -0.1) is 0 Å². The molecule has 0 spiro atoms. The van der Waals surface area contributed by atoms with Gasteiger partial charge in [0.1, 0.15) is 6.04 Å². The van der Waals surface area contributed by atoms with Gasteiger partial charge in [-0.05, 0) is 32.1 Å². The maximum absolute atomic E-state index is 11.8. The van der Waals surface area contributed by atoms with E-state index in [1.165, 1.54) is 0 Å². The second-order valence-corrected chi connectivity index (χ2v) is 6.39. The molecule has 0 radical (unpaired) electrons. The van der Waals surface area contributed by atoms with Gasteiger partial charge in [-0.2, -0.15) is 0 Å². The lowest BCUT2D eigenvalue weighted by Crippen LogP contribution is -2.46. The molecule has 0 aliphatic heterocycles. The molecule has 120 valence electrons. The molecular formula is C16H28N2O3. The third-order valence-electron chi connectivity index (χ3n) is 3.68. The number of rotatable bonds is 10.